The zero-order valence-corrected chi connectivity index (χ0v) is 12.0. The maximum Gasteiger partial charge on any atom is 0.317 e. The van der Waals surface area contributed by atoms with E-state index in [2.05, 4.69) is 31.2 Å². The molecule has 2 aliphatic rings. The number of urea groups is 1. The first-order chi connectivity index (χ1) is 8.58. The van der Waals surface area contributed by atoms with E-state index in [-0.39, 0.29) is 6.03 Å². The summed E-state index contributed by atoms with van der Waals surface area (Å²) in [7, 11) is 4.20. The Morgan fingerprint density at radius 1 is 1.17 bits per heavy atom. The van der Waals surface area contributed by atoms with Crippen LogP contribution in [0.25, 0.3) is 0 Å². The Morgan fingerprint density at radius 3 is 2.39 bits per heavy atom. The number of hydrogen-bond donors (Lipinski definition) is 1. The van der Waals surface area contributed by atoms with Crippen molar-refractivity contribution >= 4 is 6.03 Å². The zero-order chi connectivity index (χ0) is 13.1. The summed E-state index contributed by atoms with van der Waals surface area (Å²) in [5.74, 6) is 0.567. The molecule has 0 spiro atoms. The van der Waals surface area contributed by atoms with E-state index in [0.717, 1.165) is 25.9 Å². The van der Waals surface area contributed by atoms with Gasteiger partial charge >= 0.3 is 6.03 Å². The molecule has 2 unspecified atom stereocenters. The smallest absolute Gasteiger partial charge is 0.317 e. The minimum atomic E-state index is 0.151. The highest BCUT2D eigenvalue weighted by molar-refractivity contribution is 5.75. The largest absolute Gasteiger partial charge is 0.335 e. The van der Waals surface area contributed by atoms with Crippen LogP contribution in [0.15, 0.2) is 0 Å². The molecule has 4 nitrogen and oxygen atoms in total. The molecule has 1 aliphatic carbocycles. The molecule has 0 aromatic carbocycles. The molecule has 0 bridgehead atoms. The van der Waals surface area contributed by atoms with Crippen molar-refractivity contribution in [1.29, 1.82) is 0 Å². The molecule has 1 saturated carbocycles. The summed E-state index contributed by atoms with van der Waals surface area (Å²) in [5.41, 5.74) is 0. The Hall–Kier alpha value is -0.770. The Balaban J connectivity index is 1.82. The molecule has 1 heterocycles. The number of rotatable bonds is 2. The van der Waals surface area contributed by atoms with E-state index in [9.17, 15) is 4.79 Å². The number of nitrogens with one attached hydrogen (secondary N) is 1. The van der Waals surface area contributed by atoms with Gasteiger partial charge in [-0.1, -0.05) is 26.2 Å². The van der Waals surface area contributed by atoms with Gasteiger partial charge in [-0.25, -0.2) is 4.79 Å². The van der Waals surface area contributed by atoms with Crippen LogP contribution in [0.4, 0.5) is 4.79 Å². The van der Waals surface area contributed by atoms with Crippen molar-refractivity contribution in [2.75, 3.05) is 27.2 Å². The SMILES string of the molecule is CC1CN(C(=O)NC2CCCCC2)CC1N(C)C. The molecule has 1 saturated heterocycles. The summed E-state index contributed by atoms with van der Waals surface area (Å²) in [6.45, 7) is 3.99. The van der Waals surface area contributed by atoms with Gasteiger partial charge in [0.05, 0.1) is 0 Å². The van der Waals surface area contributed by atoms with Crippen LogP contribution in [0.5, 0.6) is 0 Å². The van der Waals surface area contributed by atoms with Crippen molar-refractivity contribution in [3.63, 3.8) is 0 Å². The Kier molecular flexibility index (Phi) is 4.49. The lowest BCUT2D eigenvalue weighted by molar-refractivity contribution is 0.195. The fourth-order valence-electron chi connectivity index (χ4n) is 3.30. The standard InChI is InChI=1S/C14H27N3O/c1-11-9-17(10-13(11)16(2)3)14(18)15-12-7-5-4-6-8-12/h11-13H,4-10H2,1-3H3,(H,15,18). The summed E-state index contributed by atoms with van der Waals surface area (Å²) in [6, 6.07) is 1.07. The van der Waals surface area contributed by atoms with E-state index >= 15 is 0 Å². The zero-order valence-electron chi connectivity index (χ0n) is 12.0. The van der Waals surface area contributed by atoms with E-state index in [1.165, 1.54) is 19.3 Å². The molecule has 1 N–H and O–H groups in total. The maximum atomic E-state index is 12.2. The van der Waals surface area contributed by atoms with Gasteiger partial charge in [-0.05, 0) is 32.9 Å². The second-order valence-electron chi connectivity index (χ2n) is 6.20. The summed E-state index contributed by atoms with van der Waals surface area (Å²) in [4.78, 5) is 16.4. The normalized spacial score (nSPS) is 29.9. The molecule has 0 radical (unpaired) electrons. The molecule has 4 heteroatoms. The number of likely N-dealkylation sites (N-methyl/N-ethyl adjacent to an activating group) is 1. The predicted octanol–water partition coefficient (Wildman–Crippen LogP) is 1.91. The molecule has 1 aliphatic heterocycles. The lowest BCUT2D eigenvalue weighted by Crippen LogP contribution is -2.45. The van der Waals surface area contributed by atoms with E-state index in [1.807, 2.05) is 4.90 Å². The molecule has 0 aromatic heterocycles. The van der Waals surface area contributed by atoms with Gasteiger partial charge < -0.3 is 15.1 Å². The van der Waals surface area contributed by atoms with Gasteiger partial charge in [0.15, 0.2) is 0 Å². The predicted molar refractivity (Wildman–Crippen MR) is 73.6 cm³/mol. The van der Waals surface area contributed by atoms with E-state index < -0.39 is 0 Å². The van der Waals surface area contributed by atoms with E-state index in [1.54, 1.807) is 0 Å². The van der Waals surface area contributed by atoms with Crippen LogP contribution >= 0.6 is 0 Å². The Labute approximate surface area is 111 Å². The number of nitrogens with zero attached hydrogens (tertiary/aromatic N) is 2. The third-order valence-electron chi connectivity index (χ3n) is 4.46. The van der Waals surface area contributed by atoms with Gasteiger partial charge in [0.2, 0.25) is 0 Å². The highest BCUT2D eigenvalue weighted by Crippen LogP contribution is 2.21. The summed E-state index contributed by atoms with van der Waals surface area (Å²) >= 11 is 0. The van der Waals surface area contributed by atoms with Gasteiger partial charge in [-0.15, -0.1) is 0 Å². The van der Waals surface area contributed by atoms with Crippen LogP contribution in [0, 0.1) is 5.92 Å². The quantitative estimate of drug-likeness (QED) is 0.816. The van der Waals surface area contributed by atoms with E-state index in [0.29, 0.717) is 18.0 Å². The molecule has 2 rings (SSSR count). The van der Waals surface area contributed by atoms with Gasteiger partial charge in [0.1, 0.15) is 0 Å². The topological polar surface area (TPSA) is 35.6 Å². The van der Waals surface area contributed by atoms with Crippen LogP contribution in [0.3, 0.4) is 0 Å². The fourth-order valence-corrected chi connectivity index (χ4v) is 3.30. The minimum absolute atomic E-state index is 0.151. The van der Waals surface area contributed by atoms with Crippen LogP contribution in [-0.2, 0) is 0 Å². The Bertz CT molecular complexity index is 287. The number of hydrogen-bond acceptors (Lipinski definition) is 2. The molecule has 0 aromatic rings. The van der Waals surface area contributed by atoms with Crippen molar-refractivity contribution < 1.29 is 4.79 Å². The number of carbonyl (C=O) groups excluding carboxylic acids is 1. The summed E-state index contributed by atoms with van der Waals surface area (Å²) in [6.07, 6.45) is 6.18. The second kappa shape index (κ2) is 5.91. The van der Waals surface area contributed by atoms with Crippen LogP contribution in [0.2, 0.25) is 0 Å². The van der Waals surface area contributed by atoms with Gasteiger partial charge in [0.25, 0.3) is 0 Å². The van der Waals surface area contributed by atoms with Crippen molar-refractivity contribution in [2.45, 2.75) is 51.1 Å². The van der Waals surface area contributed by atoms with Crippen molar-refractivity contribution in [1.82, 2.24) is 15.1 Å². The third-order valence-corrected chi connectivity index (χ3v) is 4.46. The average Bonchev–Trinajstić information content (AvgIpc) is 2.73. The van der Waals surface area contributed by atoms with Crippen LogP contribution < -0.4 is 5.32 Å². The second-order valence-corrected chi connectivity index (χ2v) is 6.20. The summed E-state index contributed by atoms with van der Waals surface area (Å²) in [5, 5.41) is 3.21. The maximum absolute atomic E-state index is 12.2. The molecule has 2 fully saturated rings. The average molecular weight is 253 g/mol. The number of carbonyl (C=O) groups is 1. The van der Waals surface area contributed by atoms with Gasteiger partial charge in [-0.2, -0.15) is 0 Å². The van der Waals surface area contributed by atoms with Crippen molar-refractivity contribution in [2.24, 2.45) is 5.92 Å². The Morgan fingerprint density at radius 2 is 1.83 bits per heavy atom. The highest BCUT2D eigenvalue weighted by Gasteiger charge is 2.34. The van der Waals surface area contributed by atoms with Crippen molar-refractivity contribution in [3.05, 3.63) is 0 Å². The van der Waals surface area contributed by atoms with E-state index in [4.69, 9.17) is 0 Å². The molecule has 2 atom stereocenters. The molecule has 104 valence electrons. The van der Waals surface area contributed by atoms with Crippen molar-refractivity contribution in [3.8, 4) is 0 Å². The molecular weight excluding hydrogens is 226 g/mol. The third kappa shape index (κ3) is 3.16. The monoisotopic (exact) mass is 253 g/mol. The van der Waals surface area contributed by atoms with Gasteiger partial charge in [0, 0.05) is 25.2 Å². The molecular formula is C14H27N3O. The lowest BCUT2D eigenvalue weighted by Gasteiger charge is -2.26. The highest BCUT2D eigenvalue weighted by atomic mass is 16.2. The molecule has 18 heavy (non-hydrogen) atoms. The lowest BCUT2D eigenvalue weighted by atomic mass is 9.96. The minimum Gasteiger partial charge on any atom is -0.335 e. The first kappa shape index (κ1) is 13.7. The van der Waals surface area contributed by atoms with Crippen LogP contribution in [0.1, 0.15) is 39.0 Å². The van der Waals surface area contributed by atoms with Crippen LogP contribution in [-0.4, -0.2) is 55.1 Å². The molecule has 2 amide bonds. The number of amides is 2. The first-order valence-corrected chi connectivity index (χ1v) is 7.30. The summed E-state index contributed by atoms with van der Waals surface area (Å²) < 4.78 is 0. The fraction of sp³-hybridized carbons (Fsp3) is 0.929. The van der Waals surface area contributed by atoms with Gasteiger partial charge in [-0.3, -0.25) is 0 Å². The number of likely N-dealkylation sites (tertiary alicyclic amines) is 1. The first-order valence-electron chi connectivity index (χ1n) is 7.30.